The number of phenols is 1. The predicted molar refractivity (Wildman–Crippen MR) is 103 cm³/mol. The van der Waals surface area contributed by atoms with Crippen molar-refractivity contribution in [2.45, 2.75) is 26.8 Å². The second kappa shape index (κ2) is 7.62. The highest BCUT2D eigenvalue weighted by Gasteiger charge is 2.05. The highest BCUT2D eigenvalue weighted by Crippen LogP contribution is 2.24. The van der Waals surface area contributed by atoms with Gasteiger partial charge in [-0.3, -0.25) is 5.10 Å². The van der Waals surface area contributed by atoms with Gasteiger partial charge in [-0.1, -0.05) is 24.3 Å². The van der Waals surface area contributed by atoms with Crippen molar-refractivity contribution in [2.24, 2.45) is 0 Å². The minimum absolute atomic E-state index is 0.348. The molecule has 0 unspecified atom stereocenters. The van der Waals surface area contributed by atoms with Crippen LogP contribution in [-0.2, 0) is 13.0 Å². The van der Waals surface area contributed by atoms with E-state index in [1.807, 2.05) is 56.3 Å². The Morgan fingerprint density at radius 3 is 2.42 bits per heavy atom. The van der Waals surface area contributed by atoms with E-state index in [1.165, 1.54) is 0 Å². The maximum Gasteiger partial charge on any atom is 0.150 e. The molecule has 1 heterocycles. The first-order chi connectivity index (χ1) is 12.5. The number of anilines is 3. The summed E-state index contributed by atoms with van der Waals surface area (Å²) in [5.74, 6) is 1.86. The van der Waals surface area contributed by atoms with Crippen LogP contribution in [0.1, 0.15) is 22.3 Å². The van der Waals surface area contributed by atoms with Gasteiger partial charge in [0.1, 0.15) is 17.4 Å². The van der Waals surface area contributed by atoms with Crippen LogP contribution >= 0.6 is 0 Å². The molecule has 0 aliphatic carbocycles. The lowest BCUT2D eigenvalue weighted by Gasteiger charge is -2.08. The van der Waals surface area contributed by atoms with E-state index in [0.717, 1.165) is 39.6 Å². The van der Waals surface area contributed by atoms with Gasteiger partial charge in [-0.05, 0) is 48.2 Å². The summed E-state index contributed by atoms with van der Waals surface area (Å²) in [5.41, 5.74) is 4.73. The molecule has 0 amide bonds. The van der Waals surface area contributed by atoms with Gasteiger partial charge in [0.15, 0.2) is 0 Å². The molecular formula is C20H21N5O. The normalized spacial score (nSPS) is 10.3. The summed E-state index contributed by atoms with van der Waals surface area (Å²) in [7, 11) is 0. The van der Waals surface area contributed by atoms with Crippen LogP contribution in [0.4, 0.5) is 17.3 Å². The van der Waals surface area contributed by atoms with Crippen LogP contribution in [0.3, 0.4) is 0 Å². The highest BCUT2D eigenvalue weighted by molar-refractivity contribution is 5.59. The summed E-state index contributed by atoms with van der Waals surface area (Å²) < 4.78 is 0. The second-order valence-corrected chi connectivity index (χ2v) is 6.26. The number of H-pyrrole nitrogens is 1. The standard InChI is InChI=1S/C20H21N5O/c1-13-9-16(10-14(2)20(13)26)12-22-18-11-19(25-24-18)23-17-5-3-15(4-6-17)7-8-21/h3-6,9-11,26H,7,12H2,1-2H3,(H3,22,23,24,25). The van der Waals surface area contributed by atoms with Crippen LogP contribution in [-0.4, -0.2) is 15.3 Å². The zero-order valence-electron chi connectivity index (χ0n) is 14.8. The molecular weight excluding hydrogens is 326 g/mol. The number of nitrogens with zero attached hydrogens (tertiary/aromatic N) is 2. The molecule has 132 valence electrons. The number of nitrogens with one attached hydrogen (secondary N) is 3. The van der Waals surface area contributed by atoms with Crippen molar-refractivity contribution in [3.8, 4) is 11.8 Å². The molecule has 0 saturated heterocycles. The fourth-order valence-corrected chi connectivity index (χ4v) is 2.77. The molecule has 3 rings (SSSR count). The van der Waals surface area contributed by atoms with Crippen molar-refractivity contribution >= 4 is 17.3 Å². The molecule has 0 saturated carbocycles. The van der Waals surface area contributed by atoms with Gasteiger partial charge in [-0.25, -0.2) is 0 Å². The number of aryl methyl sites for hydroxylation is 2. The van der Waals surface area contributed by atoms with Crippen LogP contribution < -0.4 is 10.6 Å². The Kier molecular flexibility index (Phi) is 5.09. The lowest BCUT2D eigenvalue weighted by molar-refractivity contribution is 0.466. The Morgan fingerprint density at radius 1 is 1.08 bits per heavy atom. The fourth-order valence-electron chi connectivity index (χ4n) is 2.77. The van der Waals surface area contributed by atoms with Gasteiger partial charge < -0.3 is 15.7 Å². The summed E-state index contributed by atoms with van der Waals surface area (Å²) in [5, 5.41) is 32.3. The van der Waals surface area contributed by atoms with Gasteiger partial charge in [0.05, 0.1) is 12.5 Å². The third-order valence-corrected chi connectivity index (χ3v) is 4.12. The Bertz CT molecular complexity index is 915. The zero-order valence-corrected chi connectivity index (χ0v) is 14.8. The molecule has 26 heavy (non-hydrogen) atoms. The number of aromatic hydroxyl groups is 1. The van der Waals surface area contributed by atoms with Gasteiger partial charge >= 0.3 is 0 Å². The molecule has 0 radical (unpaired) electrons. The number of hydrogen-bond donors (Lipinski definition) is 4. The highest BCUT2D eigenvalue weighted by atomic mass is 16.3. The van der Waals surface area contributed by atoms with E-state index in [-0.39, 0.29) is 0 Å². The molecule has 0 aliphatic rings. The van der Waals surface area contributed by atoms with Crippen molar-refractivity contribution in [1.82, 2.24) is 10.2 Å². The van der Waals surface area contributed by atoms with Crippen molar-refractivity contribution in [1.29, 1.82) is 5.26 Å². The number of aromatic amines is 1. The molecule has 1 aromatic heterocycles. The van der Waals surface area contributed by atoms with E-state index in [2.05, 4.69) is 26.9 Å². The maximum absolute atomic E-state index is 9.84. The summed E-state index contributed by atoms with van der Waals surface area (Å²) in [6, 6.07) is 15.7. The van der Waals surface area contributed by atoms with E-state index in [4.69, 9.17) is 5.26 Å². The molecule has 0 bridgehead atoms. The van der Waals surface area contributed by atoms with E-state index in [1.54, 1.807) is 0 Å². The molecule has 2 aromatic carbocycles. The molecule has 6 heteroatoms. The van der Waals surface area contributed by atoms with Gasteiger partial charge in [0, 0.05) is 18.3 Å². The number of benzene rings is 2. The minimum atomic E-state index is 0.348. The Morgan fingerprint density at radius 2 is 1.77 bits per heavy atom. The van der Waals surface area contributed by atoms with Crippen LogP contribution in [0.5, 0.6) is 5.75 Å². The number of rotatable bonds is 6. The SMILES string of the molecule is Cc1cc(CNc2cc(Nc3ccc(CC#N)cc3)[nH]n2)cc(C)c1O. The van der Waals surface area contributed by atoms with E-state index in [9.17, 15) is 5.11 Å². The summed E-state index contributed by atoms with van der Waals surface area (Å²) >= 11 is 0. The van der Waals surface area contributed by atoms with Gasteiger partial charge in [-0.2, -0.15) is 10.4 Å². The maximum atomic E-state index is 9.84. The van der Waals surface area contributed by atoms with Crippen molar-refractivity contribution in [2.75, 3.05) is 10.6 Å². The average Bonchev–Trinajstić information content (AvgIpc) is 3.07. The molecule has 4 N–H and O–H groups in total. The number of aromatic nitrogens is 2. The van der Waals surface area contributed by atoms with Crippen molar-refractivity contribution < 1.29 is 5.11 Å². The second-order valence-electron chi connectivity index (χ2n) is 6.26. The monoisotopic (exact) mass is 347 g/mol. The van der Waals surface area contributed by atoms with Crippen LogP contribution in [0.2, 0.25) is 0 Å². The third-order valence-electron chi connectivity index (χ3n) is 4.12. The molecule has 0 atom stereocenters. The molecule has 6 nitrogen and oxygen atoms in total. The number of hydrogen-bond acceptors (Lipinski definition) is 5. The summed E-state index contributed by atoms with van der Waals surface area (Å²) in [6.45, 7) is 4.41. The average molecular weight is 347 g/mol. The molecule has 0 spiro atoms. The summed E-state index contributed by atoms with van der Waals surface area (Å²) in [6.07, 6.45) is 0.411. The van der Waals surface area contributed by atoms with E-state index >= 15 is 0 Å². The lowest BCUT2D eigenvalue weighted by Crippen LogP contribution is -2.00. The molecule has 0 fully saturated rings. The van der Waals surface area contributed by atoms with Crippen LogP contribution in [0, 0.1) is 25.2 Å². The van der Waals surface area contributed by atoms with Gasteiger partial charge in [0.25, 0.3) is 0 Å². The fraction of sp³-hybridized carbons (Fsp3) is 0.200. The first-order valence-corrected chi connectivity index (χ1v) is 8.36. The lowest BCUT2D eigenvalue weighted by atomic mass is 10.1. The topological polar surface area (TPSA) is 96.8 Å². The minimum Gasteiger partial charge on any atom is -0.507 e. The smallest absolute Gasteiger partial charge is 0.150 e. The predicted octanol–water partition coefficient (Wildman–Crippen LogP) is 4.15. The Balaban J connectivity index is 1.60. The quantitative estimate of drug-likeness (QED) is 0.537. The largest absolute Gasteiger partial charge is 0.507 e. The first-order valence-electron chi connectivity index (χ1n) is 8.36. The summed E-state index contributed by atoms with van der Waals surface area (Å²) in [4.78, 5) is 0. The third kappa shape index (κ3) is 4.14. The Labute approximate surface area is 152 Å². The zero-order chi connectivity index (χ0) is 18.5. The number of nitriles is 1. The number of phenolic OH excluding ortho intramolecular Hbond substituents is 1. The van der Waals surface area contributed by atoms with Crippen molar-refractivity contribution in [3.05, 3.63) is 64.7 Å². The molecule has 3 aromatic rings. The van der Waals surface area contributed by atoms with Gasteiger partial charge in [0.2, 0.25) is 0 Å². The van der Waals surface area contributed by atoms with Crippen LogP contribution in [0.25, 0.3) is 0 Å². The van der Waals surface area contributed by atoms with E-state index in [0.29, 0.717) is 18.7 Å². The van der Waals surface area contributed by atoms with Crippen molar-refractivity contribution in [3.63, 3.8) is 0 Å². The first kappa shape index (κ1) is 17.4. The van der Waals surface area contributed by atoms with E-state index < -0.39 is 0 Å². The Hall–Kier alpha value is -3.46. The molecule has 0 aliphatic heterocycles. The van der Waals surface area contributed by atoms with Crippen LogP contribution in [0.15, 0.2) is 42.5 Å². The van der Waals surface area contributed by atoms with Gasteiger partial charge in [-0.15, -0.1) is 0 Å².